The van der Waals surface area contributed by atoms with Gasteiger partial charge >= 0.3 is 0 Å². The lowest BCUT2D eigenvalue weighted by Crippen LogP contribution is -2.11. The number of para-hydroxylation sites is 1. The van der Waals surface area contributed by atoms with Gasteiger partial charge in [-0.05, 0) is 115 Å². The van der Waals surface area contributed by atoms with Gasteiger partial charge in [0.25, 0.3) is 0 Å². The van der Waals surface area contributed by atoms with Crippen molar-refractivity contribution in [3.63, 3.8) is 0 Å². The highest BCUT2D eigenvalue weighted by Crippen LogP contribution is 2.48. The van der Waals surface area contributed by atoms with Crippen LogP contribution in [-0.2, 0) is 0 Å². The van der Waals surface area contributed by atoms with Crippen LogP contribution in [0.1, 0.15) is 0 Å². The van der Waals surface area contributed by atoms with Gasteiger partial charge in [0.2, 0.25) is 0 Å². The monoisotopic (exact) mass is 803 g/mol. The number of hydrogen-bond acceptors (Lipinski definition) is 3. The van der Waals surface area contributed by atoms with E-state index in [1.54, 1.807) is 0 Å². The van der Waals surface area contributed by atoms with Crippen molar-refractivity contribution >= 4 is 93.3 Å². The lowest BCUT2D eigenvalue weighted by molar-refractivity contribution is 0.669. The zero-order valence-corrected chi connectivity index (χ0v) is 34.1. The predicted molar refractivity (Wildman–Crippen MR) is 265 cm³/mol. The molecule has 0 bridgehead atoms. The Bertz CT molecular complexity index is 3910. The highest BCUT2D eigenvalue weighted by molar-refractivity contribution is 6.20. The molecule has 3 nitrogen and oxygen atoms in total. The average molecular weight is 804 g/mol. The molecular weight excluding hydrogens is 767 g/mol. The van der Waals surface area contributed by atoms with Gasteiger partial charge in [0.05, 0.1) is 16.8 Å². The summed E-state index contributed by atoms with van der Waals surface area (Å²) in [6.45, 7) is 0. The first-order chi connectivity index (χ1) is 31.2. The molecule has 0 radical (unpaired) electrons. The maximum atomic E-state index is 6.76. The minimum absolute atomic E-state index is 0.850. The Hall–Kier alpha value is -8.40. The van der Waals surface area contributed by atoms with Crippen molar-refractivity contribution in [3.05, 3.63) is 224 Å². The second kappa shape index (κ2) is 14.1. The zero-order chi connectivity index (χ0) is 41.4. The molecule has 0 aliphatic heterocycles. The minimum Gasteiger partial charge on any atom is -0.456 e. The Kier molecular flexibility index (Phi) is 7.91. The van der Waals surface area contributed by atoms with E-state index in [1.165, 1.54) is 38.2 Å². The summed E-state index contributed by atoms with van der Waals surface area (Å²) in [6, 6.07) is 80.6. The topological polar surface area (TPSA) is 29.5 Å². The van der Waals surface area contributed by atoms with E-state index < -0.39 is 0 Å². The third kappa shape index (κ3) is 5.75. The lowest BCUT2D eigenvalue weighted by atomic mass is 9.96. The third-order valence-electron chi connectivity index (χ3n) is 12.8. The zero-order valence-electron chi connectivity index (χ0n) is 34.1. The molecule has 0 aliphatic carbocycles. The Morgan fingerprint density at radius 2 is 0.873 bits per heavy atom. The predicted octanol–water partition coefficient (Wildman–Crippen LogP) is 17.4. The average Bonchev–Trinajstić information content (AvgIpc) is 3.92. The van der Waals surface area contributed by atoms with E-state index in [4.69, 9.17) is 8.83 Å². The highest BCUT2D eigenvalue weighted by Gasteiger charge is 2.23. The van der Waals surface area contributed by atoms with Crippen molar-refractivity contribution in [1.82, 2.24) is 0 Å². The van der Waals surface area contributed by atoms with E-state index in [2.05, 4.69) is 229 Å². The van der Waals surface area contributed by atoms with E-state index >= 15 is 0 Å². The maximum Gasteiger partial charge on any atom is 0.143 e. The van der Waals surface area contributed by atoms with Crippen LogP contribution in [0, 0.1) is 0 Å². The number of hydrogen-bond donors (Lipinski definition) is 0. The Morgan fingerprint density at radius 3 is 1.70 bits per heavy atom. The molecule has 0 aliphatic rings. The van der Waals surface area contributed by atoms with Gasteiger partial charge in [-0.3, -0.25) is 0 Å². The van der Waals surface area contributed by atoms with Crippen molar-refractivity contribution in [2.75, 3.05) is 4.90 Å². The number of furan rings is 2. The van der Waals surface area contributed by atoms with E-state index in [1.807, 2.05) is 0 Å². The van der Waals surface area contributed by atoms with E-state index in [0.29, 0.717) is 0 Å². The summed E-state index contributed by atoms with van der Waals surface area (Å²) in [5.74, 6) is 0. The lowest BCUT2D eigenvalue weighted by Gasteiger charge is -2.28. The molecule has 0 spiro atoms. The largest absolute Gasteiger partial charge is 0.456 e. The van der Waals surface area contributed by atoms with Crippen LogP contribution < -0.4 is 4.90 Å². The summed E-state index contributed by atoms with van der Waals surface area (Å²) in [5, 5.41) is 11.5. The number of fused-ring (bicyclic) bond motifs is 10. The van der Waals surface area contributed by atoms with Crippen LogP contribution in [0.25, 0.3) is 110 Å². The summed E-state index contributed by atoms with van der Waals surface area (Å²) < 4.78 is 13.2. The smallest absolute Gasteiger partial charge is 0.143 e. The van der Waals surface area contributed by atoms with Crippen molar-refractivity contribution in [1.29, 1.82) is 0 Å². The van der Waals surface area contributed by atoms with Gasteiger partial charge in [0, 0.05) is 32.8 Å². The Balaban J connectivity index is 0.973. The molecule has 3 heteroatoms. The van der Waals surface area contributed by atoms with Crippen LogP contribution >= 0.6 is 0 Å². The van der Waals surface area contributed by atoms with Crippen molar-refractivity contribution < 1.29 is 8.83 Å². The van der Waals surface area contributed by atoms with Crippen LogP contribution in [-0.4, -0.2) is 0 Å². The third-order valence-corrected chi connectivity index (χ3v) is 12.8. The molecular formula is C60H37NO2. The molecule has 0 N–H and O–H groups in total. The van der Waals surface area contributed by atoms with E-state index in [0.717, 1.165) is 88.4 Å². The maximum absolute atomic E-state index is 6.76. The quantitative estimate of drug-likeness (QED) is 0.168. The van der Waals surface area contributed by atoms with Crippen LogP contribution in [0.15, 0.2) is 233 Å². The fraction of sp³-hybridized carbons (Fsp3) is 0. The number of anilines is 3. The van der Waals surface area contributed by atoms with Crippen LogP contribution in [0.3, 0.4) is 0 Å². The number of nitrogens with zero attached hydrogens (tertiary/aromatic N) is 1. The molecule has 0 atom stereocenters. The normalized spacial score (nSPS) is 11.8. The molecule has 0 unspecified atom stereocenters. The second-order valence-electron chi connectivity index (χ2n) is 16.4. The molecule has 294 valence electrons. The first-order valence-electron chi connectivity index (χ1n) is 21.5. The number of benzene rings is 11. The molecule has 2 aromatic heterocycles. The SMILES string of the molecule is c1ccc(N(c2ccc(-c3ccc(-c4cccc5ccccc45)cc3)cc2)c2cccc3oc4c5ccccc5ccc4c23)c(-c2ccc3oc4cc5ccccc5cc4c3c2)c1. The summed E-state index contributed by atoms with van der Waals surface area (Å²) in [4.78, 5) is 2.40. The van der Waals surface area contributed by atoms with Gasteiger partial charge in [0.1, 0.15) is 22.3 Å². The van der Waals surface area contributed by atoms with Gasteiger partial charge in [-0.25, -0.2) is 0 Å². The summed E-state index contributed by atoms with van der Waals surface area (Å²) >= 11 is 0. The highest BCUT2D eigenvalue weighted by atomic mass is 16.3. The molecule has 0 fully saturated rings. The standard InChI is InChI=1S/C60H37NO2/c1-2-14-44-37-58-53(35-43(44)13-1)52-36-45(30-34-56(52)62-58)49-17-7-8-20-54(49)61(55-21-10-22-57-59(55)51-33-29-41-12-4-6-18-50(41)60(51)63-57)46-31-27-39(28-32-46)38-23-25-42(26-24-38)48-19-9-15-40-11-3-5-16-47(40)48/h1-37H. The molecule has 13 rings (SSSR count). The molecule has 63 heavy (non-hydrogen) atoms. The number of rotatable bonds is 6. The first-order valence-corrected chi connectivity index (χ1v) is 21.5. The molecule has 0 saturated heterocycles. The fourth-order valence-electron chi connectivity index (χ4n) is 9.79. The van der Waals surface area contributed by atoms with Crippen molar-refractivity contribution in [2.45, 2.75) is 0 Å². The Labute approximate surface area is 363 Å². The summed E-state index contributed by atoms with van der Waals surface area (Å²) in [5.41, 5.74) is 13.7. The van der Waals surface area contributed by atoms with E-state index in [-0.39, 0.29) is 0 Å². The summed E-state index contributed by atoms with van der Waals surface area (Å²) in [6.07, 6.45) is 0. The molecule has 11 aromatic carbocycles. The van der Waals surface area contributed by atoms with Crippen molar-refractivity contribution in [3.8, 4) is 33.4 Å². The molecule has 0 amide bonds. The first kappa shape index (κ1) is 35.4. The van der Waals surface area contributed by atoms with Gasteiger partial charge < -0.3 is 13.7 Å². The van der Waals surface area contributed by atoms with Crippen molar-refractivity contribution in [2.24, 2.45) is 0 Å². The second-order valence-corrected chi connectivity index (χ2v) is 16.4. The molecule has 2 heterocycles. The van der Waals surface area contributed by atoms with E-state index in [9.17, 15) is 0 Å². The van der Waals surface area contributed by atoms with Gasteiger partial charge in [-0.1, -0.05) is 164 Å². The Morgan fingerprint density at radius 1 is 0.286 bits per heavy atom. The van der Waals surface area contributed by atoms with Gasteiger partial charge in [-0.15, -0.1) is 0 Å². The van der Waals surface area contributed by atoms with Crippen LogP contribution in [0.5, 0.6) is 0 Å². The molecule has 0 saturated carbocycles. The fourth-order valence-corrected chi connectivity index (χ4v) is 9.79. The minimum atomic E-state index is 0.850. The van der Waals surface area contributed by atoms with Crippen LogP contribution in [0.2, 0.25) is 0 Å². The van der Waals surface area contributed by atoms with Gasteiger partial charge in [-0.2, -0.15) is 0 Å². The summed E-state index contributed by atoms with van der Waals surface area (Å²) in [7, 11) is 0. The van der Waals surface area contributed by atoms with Crippen LogP contribution in [0.4, 0.5) is 17.1 Å². The molecule has 13 aromatic rings. The van der Waals surface area contributed by atoms with Gasteiger partial charge in [0.15, 0.2) is 0 Å².